The zero-order valence-corrected chi connectivity index (χ0v) is 14.3. The lowest BCUT2D eigenvalue weighted by molar-refractivity contribution is -0.0436. The molecule has 2 unspecified atom stereocenters. The molecule has 0 spiro atoms. The number of nitrogens with zero attached hydrogens (tertiary/aromatic N) is 2. The Bertz CT molecular complexity index is 525. The fraction of sp³-hybridized carbons (Fsp3) is 0.812. The second-order valence-electron chi connectivity index (χ2n) is 7.36. The van der Waals surface area contributed by atoms with Crippen LogP contribution in [0.25, 0.3) is 0 Å². The molecule has 6 heteroatoms. The molecule has 0 radical (unpaired) electrons. The molecule has 1 aromatic heterocycles. The van der Waals surface area contributed by atoms with Crippen molar-refractivity contribution in [3.05, 3.63) is 12.3 Å². The Hall–Kier alpha value is -0.845. The third-order valence-corrected chi connectivity index (χ3v) is 5.42. The number of ether oxygens (including phenoxy) is 1. The average Bonchev–Trinajstić information content (AvgIpc) is 3.04. The van der Waals surface area contributed by atoms with Gasteiger partial charge in [0.05, 0.1) is 16.8 Å². The second-order valence-corrected chi connectivity index (χ2v) is 7.36. The first-order valence-corrected chi connectivity index (χ1v) is 8.36. The summed E-state index contributed by atoms with van der Waals surface area (Å²) in [5, 5.41) is 4.46. The summed E-state index contributed by atoms with van der Waals surface area (Å²) in [6.07, 6.45) is 5.10. The van der Waals surface area contributed by atoms with Gasteiger partial charge in [-0.15, -0.1) is 0 Å². The van der Waals surface area contributed by atoms with Crippen LogP contribution < -0.4 is 5.59 Å². The van der Waals surface area contributed by atoms with E-state index in [1.807, 2.05) is 10.7 Å². The molecule has 0 saturated carbocycles. The molecule has 0 amide bonds. The maximum atomic E-state index is 6.36. The predicted molar refractivity (Wildman–Crippen MR) is 85.9 cm³/mol. The van der Waals surface area contributed by atoms with Gasteiger partial charge < -0.3 is 14.0 Å². The van der Waals surface area contributed by atoms with E-state index in [1.165, 1.54) is 6.42 Å². The van der Waals surface area contributed by atoms with Crippen molar-refractivity contribution in [2.24, 2.45) is 5.92 Å². The van der Waals surface area contributed by atoms with Crippen LogP contribution in [0.3, 0.4) is 0 Å². The number of hydrogen-bond acceptors (Lipinski definition) is 4. The lowest BCUT2D eigenvalue weighted by atomic mass is 9.79. The van der Waals surface area contributed by atoms with Crippen LogP contribution in [0.15, 0.2) is 12.3 Å². The van der Waals surface area contributed by atoms with Crippen molar-refractivity contribution in [2.45, 2.75) is 71.3 Å². The first-order valence-electron chi connectivity index (χ1n) is 8.36. The molecular formula is C16H27BN2O3. The van der Waals surface area contributed by atoms with Crippen LogP contribution in [0.1, 0.15) is 60.1 Å². The highest BCUT2D eigenvalue weighted by molar-refractivity contribution is 6.61. The van der Waals surface area contributed by atoms with Crippen LogP contribution in [0.5, 0.6) is 0 Å². The Morgan fingerprint density at radius 3 is 2.64 bits per heavy atom. The van der Waals surface area contributed by atoms with E-state index < -0.39 is 7.12 Å². The van der Waals surface area contributed by atoms with E-state index in [2.05, 4.69) is 39.7 Å². The van der Waals surface area contributed by atoms with E-state index in [0.717, 1.165) is 25.0 Å². The molecule has 2 saturated heterocycles. The minimum Gasteiger partial charge on any atom is -0.398 e. The van der Waals surface area contributed by atoms with Crippen LogP contribution in [0, 0.1) is 5.92 Å². The second kappa shape index (κ2) is 5.66. The van der Waals surface area contributed by atoms with Crippen molar-refractivity contribution < 1.29 is 14.0 Å². The fourth-order valence-corrected chi connectivity index (χ4v) is 3.39. The first-order chi connectivity index (χ1) is 10.3. The van der Waals surface area contributed by atoms with Gasteiger partial charge in [-0.2, -0.15) is 5.10 Å². The van der Waals surface area contributed by atoms with E-state index in [0.29, 0.717) is 5.92 Å². The number of rotatable bonds is 3. The van der Waals surface area contributed by atoms with Crippen LogP contribution in [-0.2, 0) is 14.0 Å². The molecule has 2 fully saturated rings. The van der Waals surface area contributed by atoms with E-state index >= 15 is 0 Å². The maximum Gasteiger partial charge on any atom is 0.514 e. The highest BCUT2D eigenvalue weighted by Gasteiger charge is 2.57. The Kier molecular flexibility index (Phi) is 4.12. The smallest absolute Gasteiger partial charge is 0.398 e. The van der Waals surface area contributed by atoms with Crippen LogP contribution in [-0.4, -0.2) is 34.7 Å². The molecule has 1 aromatic rings. The summed E-state index contributed by atoms with van der Waals surface area (Å²) < 4.78 is 20.4. The van der Waals surface area contributed by atoms with Crippen LogP contribution in [0.4, 0.5) is 0 Å². The SMILES string of the molecule is CC(C)C1(C)OB(c2ccnn2C2CCCCO2)OC1(C)C. The van der Waals surface area contributed by atoms with Gasteiger partial charge in [-0.3, -0.25) is 0 Å². The van der Waals surface area contributed by atoms with Gasteiger partial charge in [0.25, 0.3) is 0 Å². The van der Waals surface area contributed by atoms with Crippen molar-refractivity contribution in [1.82, 2.24) is 9.78 Å². The zero-order valence-electron chi connectivity index (χ0n) is 14.3. The molecule has 5 nitrogen and oxygen atoms in total. The monoisotopic (exact) mass is 306 g/mol. The molecule has 0 bridgehead atoms. The van der Waals surface area contributed by atoms with E-state index in [-0.39, 0.29) is 17.4 Å². The molecular weight excluding hydrogens is 279 g/mol. The normalized spacial score (nSPS) is 31.9. The van der Waals surface area contributed by atoms with Gasteiger partial charge in [-0.1, -0.05) is 13.8 Å². The van der Waals surface area contributed by atoms with E-state index in [9.17, 15) is 0 Å². The van der Waals surface area contributed by atoms with Crippen molar-refractivity contribution in [2.75, 3.05) is 6.61 Å². The molecule has 22 heavy (non-hydrogen) atoms. The Balaban J connectivity index is 1.86. The van der Waals surface area contributed by atoms with Gasteiger partial charge >= 0.3 is 7.12 Å². The van der Waals surface area contributed by atoms with Crippen molar-refractivity contribution in [3.8, 4) is 0 Å². The molecule has 3 rings (SSSR count). The van der Waals surface area contributed by atoms with E-state index in [4.69, 9.17) is 14.0 Å². The summed E-state index contributed by atoms with van der Waals surface area (Å²) in [5.41, 5.74) is 0.263. The third-order valence-electron chi connectivity index (χ3n) is 5.42. The van der Waals surface area contributed by atoms with Crippen molar-refractivity contribution in [3.63, 3.8) is 0 Å². The molecule has 0 N–H and O–H groups in total. The Morgan fingerprint density at radius 1 is 1.27 bits per heavy atom. The summed E-state index contributed by atoms with van der Waals surface area (Å²) in [4.78, 5) is 0. The Labute approximate surface area is 133 Å². The molecule has 2 atom stereocenters. The highest BCUT2D eigenvalue weighted by Crippen LogP contribution is 2.42. The summed E-state index contributed by atoms with van der Waals surface area (Å²) in [7, 11) is -0.393. The number of aromatic nitrogens is 2. The first kappa shape index (κ1) is 16.0. The summed E-state index contributed by atoms with van der Waals surface area (Å²) >= 11 is 0. The van der Waals surface area contributed by atoms with Crippen molar-refractivity contribution >= 4 is 12.7 Å². The lowest BCUT2D eigenvalue weighted by Gasteiger charge is -2.39. The summed E-state index contributed by atoms with van der Waals surface area (Å²) in [6.45, 7) is 11.5. The van der Waals surface area contributed by atoms with Gasteiger partial charge in [0, 0.05) is 12.8 Å². The van der Waals surface area contributed by atoms with Crippen LogP contribution in [0.2, 0.25) is 0 Å². The molecule has 0 aromatic carbocycles. The van der Waals surface area contributed by atoms with Crippen LogP contribution >= 0.6 is 0 Å². The minimum atomic E-state index is -0.393. The van der Waals surface area contributed by atoms with Gasteiger partial charge in [-0.05, 0) is 52.0 Å². The molecule has 2 aliphatic heterocycles. The highest BCUT2D eigenvalue weighted by atomic mass is 16.7. The maximum absolute atomic E-state index is 6.36. The summed E-state index contributed by atoms with van der Waals surface area (Å²) in [5.74, 6) is 0.356. The van der Waals surface area contributed by atoms with Gasteiger partial charge in [0.2, 0.25) is 0 Å². The van der Waals surface area contributed by atoms with Gasteiger partial charge in [0.1, 0.15) is 6.23 Å². The molecule has 0 aliphatic carbocycles. The quantitative estimate of drug-likeness (QED) is 0.805. The average molecular weight is 306 g/mol. The molecule has 2 aliphatic rings. The third kappa shape index (κ3) is 2.51. The predicted octanol–water partition coefficient (Wildman–Crippen LogP) is 2.52. The zero-order chi connectivity index (χ0) is 16.0. The summed E-state index contributed by atoms with van der Waals surface area (Å²) in [6, 6.07) is 1.98. The molecule has 122 valence electrons. The topological polar surface area (TPSA) is 45.5 Å². The van der Waals surface area contributed by atoms with Crippen molar-refractivity contribution in [1.29, 1.82) is 0 Å². The number of hydrogen-bond donors (Lipinski definition) is 0. The Morgan fingerprint density at radius 2 is 2.05 bits per heavy atom. The minimum absolute atomic E-state index is 0.0000293. The van der Waals surface area contributed by atoms with Gasteiger partial charge in [-0.25, -0.2) is 4.68 Å². The van der Waals surface area contributed by atoms with Gasteiger partial charge in [0.15, 0.2) is 0 Å². The fourth-order valence-electron chi connectivity index (χ4n) is 3.39. The molecule has 3 heterocycles. The van der Waals surface area contributed by atoms with E-state index in [1.54, 1.807) is 6.20 Å². The standard InChI is InChI=1S/C16H27BN2O3/c1-12(2)16(5)15(3,4)21-17(22-16)13-9-10-18-19(13)14-8-6-7-11-20-14/h9-10,12,14H,6-8,11H2,1-5H3. The lowest BCUT2D eigenvalue weighted by Crippen LogP contribution is -2.49. The largest absolute Gasteiger partial charge is 0.514 e.